The molecule has 120 valence electrons. The fourth-order valence-corrected chi connectivity index (χ4v) is 2.26. The third-order valence-electron chi connectivity index (χ3n) is 3.29. The third kappa shape index (κ3) is 2.95. The van der Waals surface area contributed by atoms with Crippen molar-refractivity contribution < 1.29 is 5.11 Å². The lowest BCUT2D eigenvalue weighted by Crippen LogP contribution is -2.29. The van der Waals surface area contributed by atoms with Gasteiger partial charge < -0.3 is 10.8 Å². The molecular weight excluding hydrogens is 326 g/mol. The molecule has 3 aromatic rings. The van der Waals surface area contributed by atoms with Crippen LogP contribution in [0.4, 0.5) is 11.4 Å². The SMILES string of the molecule is NC(=S)n1[nH]c(-c2ccccc2)c(N=Nc2ccccc2O)c1=O. The van der Waals surface area contributed by atoms with E-state index in [9.17, 15) is 9.90 Å². The molecule has 0 amide bonds. The van der Waals surface area contributed by atoms with Crippen molar-refractivity contribution >= 4 is 28.7 Å². The number of phenolic OH excluding ortho intramolecular Hbond substituents is 1. The van der Waals surface area contributed by atoms with Gasteiger partial charge in [-0.2, -0.15) is 4.68 Å². The zero-order valence-electron chi connectivity index (χ0n) is 12.4. The average molecular weight is 339 g/mol. The van der Waals surface area contributed by atoms with E-state index in [4.69, 9.17) is 18.0 Å². The molecule has 24 heavy (non-hydrogen) atoms. The molecule has 8 heteroatoms. The van der Waals surface area contributed by atoms with E-state index < -0.39 is 5.56 Å². The van der Waals surface area contributed by atoms with E-state index in [0.29, 0.717) is 5.69 Å². The first-order valence-electron chi connectivity index (χ1n) is 6.98. The van der Waals surface area contributed by atoms with Gasteiger partial charge in [-0.25, -0.2) is 0 Å². The van der Waals surface area contributed by atoms with Crippen LogP contribution in [0.2, 0.25) is 0 Å². The van der Waals surface area contributed by atoms with Crippen LogP contribution in [0.3, 0.4) is 0 Å². The summed E-state index contributed by atoms with van der Waals surface area (Å²) >= 11 is 4.87. The lowest BCUT2D eigenvalue weighted by Gasteiger charge is -1.99. The number of aromatic nitrogens is 2. The molecule has 0 atom stereocenters. The molecule has 0 bridgehead atoms. The second-order valence-electron chi connectivity index (χ2n) is 4.87. The van der Waals surface area contributed by atoms with Crippen LogP contribution in [0, 0.1) is 0 Å². The van der Waals surface area contributed by atoms with Gasteiger partial charge in [0.05, 0.1) is 5.69 Å². The normalized spacial score (nSPS) is 11.0. The van der Waals surface area contributed by atoms with Gasteiger partial charge in [0.2, 0.25) is 0 Å². The number of hydrogen-bond donors (Lipinski definition) is 3. The molecule has 0 aliphatic rings. The van der Waals surface area contributed by atoms with Crippen LogP contribution in [0.5, 0.6) is 5.75 Å². The Morgan fingerprint density at radius 1 is 1.08 bits per heavy atom. The van der Waals surface area contributed by atoms with Crippen LogP contribution < -0.4 is 11.3 Å². The number of phenols is 1. The van der Waals surface area contributed by atoms with Gasteiger partial charge in [0.15, 0.2) is 10.8 Å². The fraction of sp³-hybridized carbons (Fsp3) is 0. The zero-order valence-corrected chi connectivity index (χ0v) is 13.2. The number of nitrogens with two attached hydrogens (primary N) is 1. The van der Waals surface area contributed by atoms with Crippen LogP contribution in [-0.2, 0) is 0 Å². The van der Waals surface area contributed by atoms with E-state index in [2.05, 4.69) is 15.3 Å². The Morgan fingerprint density at radius 2 is 1.75 bits per heavy atom. The van der Waals surface area contributed by atoms with E-state index in [0.717, 1.165) is 10.2 Å². The minimum Gasteiger partial charge on any atom is -0.506 e. The molecule has 0 aliphatic carbocycles. The van der Waals surface area contributed by atoms with Gasteiger partial charge in [0, 0.05) is 5.56 Å². The summed E-state index contributed by atoms with van der Waals surface area (Å²) in [5, 5.41) is 20.4. The number of H-pyrrole nitrogens is 1. The first-order chi connectivity index (χ1) is 11.6. The van der Waals surface area contributed by atoms with Crippen molar-refractivity contribution in [3.8, 4) is 17.0 Å². The van der Waals surface area contributed by atoms with Gasteiger partial charge >= 0.3 is 5.56 Å². The maximum atomic E-state index is 12.5. The molecule has 3 rings (SSSR count). The van der Waals surface area contributed by atoms with E-state index in [1.165, 1.54) is 6.07 Å². The van der Waals surface area contributed by atoms with Crippen molar-refractivity contribution in [1.29, 1.82) is 0 Å². The Morgan fingerprint density at radius 3 is 2.42 bits per heavy atom. The van der Waals surface area contributed by atoms with Crippen molar-refractivity contribution in [3.63, 3.8) is 0 Å². The number of azo groups is 1. The van der Waals surface area contributed by atoms with E-state index in [-0.39, 0.29) is 22.2 Å². The number of aromatic amines is 1. The Labute approximate surface area is 142 Å². The largest absolute Gasteiger partial charge is 0.506 e. The summed E-state index contributed by atoms with van der Waals surface area (Å²) in [4.78, 5) is 12.5. The molecule has 4 N–H and O–H groups in total. The summed E-state index contributed by atoms with van der Waals surface area (Å²) in [6, 6.07) is 15.6. The van der Waals surface area contributed by atoms with Gasteiger partial charge in [-0.3, -0.25) is 9.89 Å². The summed E-state index contributed by atoms with van der Waals surface area (Å²) in [6.07, 6.45) is 0. The molecule has 2 aromatic carbocycles. The predicted octanol–water partition coefficient (Wildman–Crippen LogP) is 3.06. The first kappa shape index (κ1) is 15.6. The Bertz CT molecular complexity index is 976. The van der Waals surface area contributed by atoms with Gasteiger partial charge in [-0.05, 0) is 24.4 Å². The molecule has 1 aromatic heterocycles. The number of thiocarbonyl (C=S) groups is 1. The highest BCUT2D eigenvalue weighted by Crippen LogP contribution is 2.30. The van der Waals surface area contributed by atoms with Gasteiger partial charge in [-0.1, -0.05) is 42.5 Å². The molecule has 0 saturated carbocycles. The highest BCUT2D eigenvalue weighted by Gasteiger charge is 2.17. The van der Waals surface area contributed by atoms with Crippen molar-refractivity contribution in [2.75, 3.05) is 0 Å². The monoisotopic (exact) mass is 339 g/mol. The minimum absolute atomic E-state index is 0.0345. The summed E-state index contributed by atoms with van der Waals surface area (Å²) in [5.74, 6) is -0.0345. The quantitative estimate of drug-likeness (QED) is 0.503. The van der Waals surface area contributed by atoms with Crippen LogP contribution in [0.1, 0.15) is 0 Å². The van der Waals surface area contributed by atoms with Crippen molar-refractivity contribution in [1.82, 2.24) is 9.78 Å². The van der Waals surface area contributed by atoms with E-state index in [1.54, 1.807) is 18.2 Å². The van der Waals surface area contributed by atoms with E-state index in [1.807, 2.05) is 30.3 Å². The van der Waals surface area contributed by atoms with Crippen molar-refractivity contribution in [2.45, 2.75) is 0 Å². The number of nitrogens with zero attached hydrogens (tertiary/aromatic N) is 3. The van der Waals surface area contributed by atoms with Crippen molar-refractivity contribution in [2.24, 2.45) is 16.0 Å². The molecule has 0 aliphatic heterocycles. The van der Waals surface area contributed by atoms with Crippen LogP contribution >= 0.6 is 12.2 Å². The van der Waals surface area contributed by atoms with Gasteiger partial charge in [0.25, 0.3) is 0 Å². The van der Waals surface area contributed by atoms with Crippen LogP contribution in [-0.4, -0.2) is 20.0 Å². The van der Waals surface area contributed by atoms with E-state index >= 15 is 0 Å². The topological polar surface area (TPSA) is 109 Å². The summed E-state index contributed by atoms with van der Waals surface area (Å²) in [7, 11) is 0. The Kier molecular flexibility index (Phi) is 4.21. The van der Waals surface area contributed by atoms with Crippen LogP contribution in [0.25, 0.3) is 11.3 Å². The number of rotatable bonds is 3. The summed E-state index contributed by atoms with van der Waals surface area (Å²) in [5.41, 5.74) is 6.52. The lowest BCUT2D eigenvalue weighted by molar-refractivity contribution is 0.476. The Hall–Kier alpha value is -3.26. The van der Waals surface area contributed by atoms with Gasteiger partial charge in [0.1, 0.15) is 11.4 Å². The number of para-hydroxylation sites is 1. The minimum atomic E-state index is -0.513. The fourth-order valence-electron chi connectivity index (χ4n) is 2.13. The number of nitrogens with one attached hydrogen (secondary N) is 1. The van der Waals surface area contributed by atoms with Crippen LogP contribution in [0.15, 0.2) is 69.6 Å². The number of aromatic hydroxyl groups is 1. The third-order valence-corrected chi connectivity index (χ3v) is 3.47. The second-order valence-corrected chi connectivity index (χ2v) is 5.29. The second kappa shape index (κ2) is 6.47. The molecule has 0 unspecified atom stereocenters. The number of hydrogen-bond acceptors (Lipinski definition) is 5. The molecule has 0 saturated heterocycles. The maximum absolute atomic E-state index is 12.5. The lowest BCUT2D eigenvalue weighted by atomic mass is 10.1. The molecule has 0 fully saturated rings. The highest BCUT2D eigenvalue weighted by molar-refractivity contribution is 7.80. The standard InChI is InChI=1S/C16H13N5O2S/c17-16(24)21-15(23)14(13(20-21)10-6-2-1-3-7-10)19-18-11-8-4-5-9-12(11)22/h1-9,20,22H,(H2,17,24). The number of benzene rings is 2. The first-order valence-corrected chi connectivity index (χ1v) is 7.38. The average Bonchev–Trinajstić information content (AvgIpc) is 2.92. The Balaban J connectivity index is 2.14. The highest BCUT2D eigenvalue weighted by atomic mass is 32.1. The predicted molar refractivity (Wildman–Crippen MR) is 95.0 cm³/mol. The smallest absolute Gasteiger partial charge is 0.301 e. The summed E-state index contributed by atoms with van der Waals surface area (Å²) in [6.45, 7) is 0. The zero-order chi connectivity index (χ0) is 17.1. The maximum Gasteiger partial charge on any atom is 0.301 e. The molecule has 7 nitrogen and oxygen atoms in total. The molecule has 1 heterocycles. The molecule has 0 radical (unpaired) electrons. The molecular formula is C16H13N5O2S. The molecule has 0 spiro atoms. The van der Waals surface area contributed by atoms with Gasteiger partial charge in [-0.15, -0.1) is 10.2 Å². The summed E-state index contributed by atoms with van der Waals surface area (Å²) < 4.78 is 1.02. The van der Waals surface area contributed by atoms with Crippen molar-refractivity contribution in [3.05, 3.63) is 65.0 Å².